The van der Waals surface area contributed by atoms with E-state index >= 15 is 0 Å². The van der Waals surface area contributed by atoms with E-state index in [0.717, 1.165) is 25.6 Å². The van der Waals surface area contributed by atoms with Gasteiger partial charge < -0.3 is 12.4 Å². The summed E-state index contributed by atoms with van der Waals surface area (Å²) < 4.78 is 28.8. The SMILES string of the molecule is C[n+]1ccn(CCCc2ccc(NS(C)(=O)=O)cc2)c1.[Cl-]. The fraction of sp³-hybridized carbons (Fsp3) is 0.357. The molecule has 1 aromatic heterocycles. The number of nitrogens with one attached hydrogen (secondary N) is 1. The average Bonchev–Trinajstić information content (AvgIpc) is 2.75. The van der Waals surface area contributed by atoms with Crippen LogP contribution in [0.4, 0.5) is 5.69 Å². The zero-order valence-electron chi connectivity index (χ0n) is 12.2. The molecule has 0 aliphatic rings. The molecule has 0 aliphatic heterocycles. The smallest absolute Gasteiger partial charge is 0.243 e. The molecule has 0 unspecified atom stereocenters. The molecule has 7 heteroatoms. The molecule has 0 amide bonds. The quantitative estimate of drug-likeness (QED) is 0.644. The van der Waals surface area contributed by atoms with Crippen LogP contribution in [-0.4, -0.2) is 19.2 Å². The lowest BCUT2D eigenvalue weighted by Crippen LogP contribution is -3.00. The molecule has 2 rings (SSSR count). The maximum atomic E-state index is 11.1. The summed E-state index contributed by atoms with van der Waals surface area (Å²) in [5, 5.41) is 0. The van der Waals surface area contributed by atoms with Gasteiger partial charge in [-0.3, -0.25) is 4.72 Å². The summed E-state index contributed by atoms with van der Waals surface area (Å²) in [4.78, 5) is 0. The minimum Gasteiger partial charge on any atom is -1.00 e. The van der Waals surface area contributed by atoms with Gasteiger partial charge in [0.2, 0.25) is 16.4 Å². The van der Waals surface area contributed by atoms with Crippen molar-refractivity contribution in [2.75, 3.05) is 11.0 Å². The highest BCUT2D eigenvalue weighted by Gasteiger charge is 2.03. The number of hydrogen-bond acceptors (Lipinski definition) is 2. The number of hydrogen-bond donors (Lipinski definition) is 1. The second-order valence-electron chi connectivity index (χ2n) is 4.99. The number of anilines is 1. The van der Waals surface area contributed by atoms with Crippen LogP contribution < -0.4 is 21.7 Å². The lowest BCUT2D eigenvalue weighted by Gasteiger charge is -2.05. The Morgan fingerprint density at radius 1 is 1.24 bits per heavy atom. The van der Waals surface area contributed by atoms with Gasteiger partial charge in [0, 0.05) is 5.69 Å². The van der Waals surface area contributed by atoms with E-state index < -0.39 is 10.0 Å². The largest absolute Gasteiger partial charge is 1.00 e. The molecular formula is C14H20ClN3O2S. The summed E-state index contributed by atoms with van der Waals surface area (Å²) in [6.45, 7) is 0.976. The van der Waals surface area contributed by atoms with E-state index in [1.807, 2.05) is 29.9 Å². The number of sulfonamides is 1. The second kappa shape index (κ2) is 7.47. The molecule has 1 N–H and O–H groups in total. The molecule has 2 aromatic rings. The zero-order chi connectivity index (χ0) is 14.6. The van der Waals surface area contributed by atoms with Gasteiger partial charge in [0.25, 0.3) is 0 Å². The maximum Gasteiger partial charge on any atom is 0.243 e. The first-order valence-corrected chi connectivity index (χ1v) is 8.39. The third-order valence-corrected chi connectivity index (χ3v) is 3.57. The van der Waals surface area contributed by atoms with Crippen molar-refractivity contribution in [2.45, 2.75) is 19.4 Å². The number of aryl methyl sites for hydroxylation is 3. The van der Waals surface area contributed by atoms with Gasteiger partial charge in [0.15, 0.2) is 0 Å². The van der Waals surface area contributed by atoms with E-state index in [1.165, 1.54) is 5.56 Å². The Bertz CT molecular complexity index is 666. The summed E-state index contributed by atoms with van der Waals surface area (Å²) in [5.41, 5.74) is 1.81. The third kappa shape index (κ3) is 6.18. The second-order valence-corrected chi connectivity index (χ2v) is 6.74. The number of imidazole rings is 1. The van der Waals surface area contributed by atoms with Gasteiger partial charge in [-0.05, 0) is 30.5 Å². The topological polar surface area (TPSA) is 55.0 Å². The van der Waals surface area contributed by atoms with Crippen molar-refractivity contribution < 1.29 is 25.4 Å². The minimum absolute atomic E-state index is 0. The van der Waals surface area contributed by atoms with Crippen LogP contribution in [0.1, 0.15) is 12.0 Å². The molecule has 1 aromatic carbocycles. The van der Waals surface area contributed by atoms with Crippen LogP contribution >= 0.6 is 0 Å². The first kappa shape index (κ1) is 17.5. The summed E-state index contributed by atoms with van der Waals surface area (Å²) >= 11 is 0. The number of halogens is 1. The standard InChI is InChI=1S/C14H20N3O2S.ClH/c1-16-10-11-17(12-16)9-3-4-13-5-7-14(8-6-13)15-20(2,18)19;/h5-8,10-12,15H,3-4,9H2,1-2H3;1H/q+1;/p-1. The number of rotatable bonds is 6. The molecule has 5 nitrogen and oxygen atoms in total. The molecule has 0 aliphatic carbocycles. The van der Waals surface area contributed by atoms with Crippen LogP contribution in [0.5, 0.6) is 0 Å². The molecule has 0 saturated carbocycles. The van der Waals surface area contributed by atoms with Crippen LogP contribution in [0, 0.1) is 0 Å². The summed E-state index contributed by atoms with van der Waals surface area (Å²) in [5.74, 6) is 0. The molecule has 1 heterocycles. The highest BCUT2D eigenvalue weighted by molar-refractivity contribution is 7.92. The van der Waals surface area contributed by atoms with Gasteiger partial charge in [-0.25, -0.2) is 17.6 Å². The van der Waals surface area contributed by atoms with Crippen LogP contribution in [0.3, 0.4) is 0 Å². The Morgan fingerprint density at radius 2 is 1.90 bits per heavy atom. The van der Waals surface area contributed by atoms with Gasteiger partial charge in [-0.2, -0.15) is 0 Å². The number of nitrogens with zero attached hydrogens (tertiary/aromatic N) is 2. The Kier molecular flexibility index (Phi) is 6.23. The lowest BCUT2D eigenvalue weighted by molar-refractivity contribution is -0.671. The first-order valence-electron chi connectivity index (χ1n) is 6.50. The molecule has 0 saturated heterocycles. The third-order valence-electron chi connectivity index (χ3n) is 2.96. The van der Waals surface area contributed by atoms with E-state index in [0.29, 0.717) is 5.69 Å². The molecular weight excluding hydrogens is 310 g/mol. The van der Waals surface area contributed by atoms with Crippen molar-refractivity contribution in [3.05, 3.63) is 48.5 Å². The molecule has 0 atom stereocenters. The van der Waals surface area contributed by atoms with Gasteiger partial charge in [-0.15, -0.1) is 0 Å². The van der Waals surface area contributed by atoms with E-state index in [-0.39, 0.29) is 12.4 Å². The normalized spacial score (nSPS) is 11.0. The van der Waals surface area contributed by atoms with Crippen LogP contribution in [-0.2, 0) is 30.0 Å². The van der Waals surface area contributed by atoms with Crippen molar-refractivity contribution in [1.82, 2.24) is 4.57 Å². The van der Waals surface area contributed by atoms with Crippen molar-refractivity contribution in [3.63, 3.8) is 0 Å². The Hall–Kier alpha value is -1.53. The fourth-order valence-corrected chi connectivity index (χ4v) is 2.62. The highest BCUT2D eigenvalue weighted by atomic mass is 35.5. The predicted octanol–water partition coefficient (Wildman–Crippen LogP) is -1.68. The lowest BCUT2D eigenvalue weighted by atomic mass is 10.1. The molecule has 116 valence electrons. The van der Waals surface area contributed by atoms with Crippen LogP contribution in [0.25, 0.3) is 0 Å². The van der Waals surface area contributed by atoms with Crippen molar-refractivity contribution in [2.24, 2.45) is 7.05 Å². The van der Waals surface area contributed by atoms with E-state index in [9.17, 15) is 8.42 Å². The van der Waals surface area contributed by atoms with Crippen LogP contribution in [0.2, 0.25) is 0 Å². The summed E-state index contributed by atoms with van der Waals surface area (Å²) in [6.07, 6.45) is 9.30. The van der Waals surface area contributed by atoms with Crippen molar-refractivity contribution in [3.8, 4) is 0 Å². The average molecular weight is 330 g/mol. The Labute approximate surface area is 132 Å². The van der Waals surface area contributed by atoms with E-state index in [4.69, 9.17) is 0 Å². The van der Waals surface area contributed by atoms with Crippen molar-refractivity contribution >= 4 is 15.7 Å². The Morgan fingerprint density at radius 3 is 2.43 bits per heavy atom. The van der Waals surface area contributed by atoms with Crippen molar-refractivity contribution in [1.29, 1.82) is 0 Å². The zero-order valence-corrected chi connectivity index (χ0v) is 13.7. The van der Waals surface area contributed by atoms with E-state index in [1.54, 1.807) is 12.1 Å². The molecule has 0 radical (unpaired) electrons. The van der Waals surface area contributed by atoms with Gasteiger partial charge in [-0.1, -0.05) is 12.1 Å². The predicted molar refractivity (Wildman–Crippen MR) is 78.8 cm³/mol. The highest BCUT2D eigenvalue weighted by Crippen LogP contribution is 2.12. The monoisotopic (exact) mass is 329 g/mol. The first-order chi connectivity index (χ1) is 9.42. The van der Waals surface area contributed by atoms with Gasteiger partial charge in [0.05, 0.1) is 19.8 Å². The maximum absolute atomic E-state index is 11.1. The number of aromatic nitrogens is 2. The fourth-order valence-electron chi connectivity index (χ4n) is 2.05. The van der Waals surface area contributed by atoms with Gasteiger partial charge >= 0.3 is 0 Å². The summed E-state index contributed by atoms with van der Waals surface area (Å²) in [7, 11) is -1.19. The van der Waals surface area contributed by atoms with Gasteiger partial charge in [0.1, 0.15) is 12.4 Å². The van der Waals surface area contributed by atoms with E-state index in [2.05, 4.69) is 21.8 Å². The Balaban J connectivity index is 0.00000220. The molecule has 0 fully saturated rings. The minimum atomic E-state index is -3.20. The molecule has 0 bridgehead atoms. The van der Waals surface area contributed by atoms with Crippen LogP contribution in [0.15, 0.2) is 43.0 Å². The molecule has 21 heavy (non-hydrogen) atoms. The summed E-state index contributed by atoms with van der Waals surface area (Å²) in [6, 6.07) is 7.52. The number of benzene rings is 1. The molecule has 0 spiro atoms.